The van der Waals surface area contributed by atoms with E-state index in [9.17, 15) is 20.4 Å². The molecule has 1 unspecified atom stereocenters. The van der Waals surface area contributed by atoms with E-state index < -0.39 is 26.3 Å². The number of hydrogen-bond acceptors (Lipinski definition) is 5. The van der Waals surface area contributed by atoms with E-state index in [1.165, 1.54) is 6.07 Å². The second kappa shape index (κ2) is 4.23. The van der Waals surface area contributed by atoms with Gasteiger partial charge in [-0.05, 0) is 18.5 Å². The molecule has 0 spiro atoms. The molecule has 88 valence electrons. The lowest BCUT2D eigenvalue weighted by Crippen LogP contribution is -2.36. The van der Waals surface area contributed by atoms with Gasteiger partial charge in [-0.1, -0.05) is 6.42 Å². The molecule has 1 atom stereocenters. The summed E-state index contributed by atoms with van der Waals surface area (Å²) in [6, 6.07) is 2.14. The third-order valence-corrected chi connectivity index (χ3v) is 5.49. The van der Waals surface area contributed by atoms with Crippen molar-refractivity contribution in [1.82, 2.24) is 0 Å². The molecule has 1 saturated heterocycles. The van der Waals surface area contributed by atoms with Crippen LogP contribution in [0.3, 0.4) is 0 Å². The second-order valence-corrected chi connectivity index (χ2v) is 6.40. The molecular formula is C10H14O5Si. The highest BCUT2D eigenvalue weighted by Gasteiger charge is 2.26. The van der Waals surface area contributed by atoms with Crippen LogP contribution in [0.1, 0.15) is 12.8 Å². The summed E-state index contributed by atoms with van der Waals surface area (Å²) in [6.45, 7) is 0.652. The van der Waals surface area contributed by atoms with Crippen molar-refractivity contribution in [3.63, 3.8) is 0 Å². The molecule has 0 saturated carbocycles. The zero-order chi connectivity index (χ0) is 11.7. The molecule has 1 fully saturated rings. The van der Waals surface area contributed by atoms with Crippen molar-refractivity contribution >= 4 is 14.2 Å². The molecule has 0 aliphatic carbocycles. The summed E-state index contributed by atoms with van der Waals surface area (Å²) in [7, 11) is -1.78. The maximum atomic E-state index is 9.69. The Hall–Kier alpha value is -1.40. The van der Waals surface area contributed by atoms with Crippen LogP contribution < -0.4 is 5.19 Å². The van der Waals surface area contributed by atoms with Crippen molar-refractivity contribution < 1.29 is 24.9 Å². The highest BCUT2D eigenvalue weighted by atomic mass is 28.3. The molecule has 0 aromatic heterocycles. The largest absolute Gasteiger partial charge is 0.504 e. The lowest BCUT2D eigenvalue weighted by Gasteiger charge is -2.22. The van der Waals surface area contributed by atoms with Gasteiger partial charge in [0.1, 0.15) is 0 Å². The van der Waals surface area contributed by atoms with Crippen LogP contribution in [-0.2, 0) is 4.43 Å². The maximum absolute atomic E-state index is 9.69. The third-order valence-electron chi connectivity index (χ3n) is 2.78. The quantitative estimate of drug-likeness (QED) is 0.322. The number of phenolic OH excluding ortho intramolecular Hbond substituents is 4. The number of hydrogen-bond donors (Lipinski definition) is 4. The SMILES string of the molecule is Oc1cc([SiH]2CCCCO2)c(O)c(O)c1O. The van der Waals surface area contributed by atoms with Gasteiger partial charge in [0.25, 0.3) is 0 Å². The molecule has 1 aromatic rings. The van der Waals surface area contributed by atoms with Crippen LogP contribution >= 0.6 is 0 Å². The van der Waals surface area contributed by atoms with Crippen molar-refractivity contribution in [3.05, 3.63) is 6.07 Å². The lowest BCUT2D eigenvalue weighted by atomic mass is 10.2. The molecule has 16 heavy (non-hydrogen) atoms. The fraction of sp³-hybridized carbons (Fsp3) is 0.400. The normalized spacial score (nSPS) is 20.9. The fourth-order valence-corrected chi connectivity index (χ4v) is 4.44. The topological polar surface area (TPSA) is 90.2 Å². The smallest absolute Gasteiger partial charge is 0.212 e. The van der Waals surface area contributed by atoms with Crippen LogP contribution in [0.5, 0.6) is 23.0 Å². The summed E-state index contributed by atoms with van der Waals surface area (Å²) in [5, 5.41) is 38.2. The van der Waals surface area contributed by atoms with Crippen molar-refractivity contribution in [2.75, 3.05) is 6.61 Å². The van der Waals surface area contributed by atoms with E-state index in [2.05, 4.69) is 0 Å². The molecule has 4 N–H and O–H groups in total. The monoisotopic (exact) mass is 242 g/mol. The van der Waals surface area contributed by atoms with Gasteiger partial charge in [0.2, 0.25) is 20.5 Å². The van der Waals surface area contributed by atoms with E-state index in [1.54, 1.807) is 0 Å². The Morgan fingerprint density at radius 3 is 2.38 bits per heavy atom. The molecule has 0 bridgehead atoms. The summed E-state index contributed by atoms with van der Waals surface area (Å²) in [6.07, 6.45) is 2.03. The van der Waals surface area contributed by atoms with Gasteiger partial charge in [0, 0.05) is 11.8 Å². The average Bonchev–Trinajstić information content (AvgIpc) is 2.32. The van der Waals surface area contributed by atoms with Gasteiger partial charge in [-0.2, -0.15) is 0 Å². The molecule has 1 aromatic carbocycles. The first-order valence-corrected chi connectivity index (χ1v) is 7.06. The van der Waals surface area contributed by atoms with E-state index in [4.69, 9.17) is 4.43 Å². The third kappa shape index (κ3) is 1.81. The van der Waals surface area contributed by atoms with Crippen LogP contribution in [0.2, 0.25) is 6.04 Å². The van der Waals surface area contributed by atoms with Crippen LogP contribution in [0, 0.1) is 0 Å². The minimum Gasteiger partial charge on any atom is -0.504 e. The van der Waals surface area contributed by atoms with Gasteiger partial charge < -0.3 is 24.9 Å². The van der Waals surface area contributed by atoms with Crippen LogP contribution in [0.25, 0.3) is 0 Å². The highest BCUT2D eigenvalue weighted by molar-refractivity contribution is 6.68. The fourth-order valence-electron chi connectivity index (χ4n) is 1.89. The van der Waals surface area contributed by atoms with Crippen molar-refractivity contribution in [2.24, 2.45) is 0 Å². The first-order valence-electron chi connectivity index (χ1n) is 5.19. The first-order chi connectivity index (χ1) is 7.61. The lowest BCUT2D eigenvalue weighted by molar-refractivity contribution is 0.293. The van der Waals surface area contributed by atoms with Crippen molar-refractivity contribution in [2.45, 2.75) is 18.9 Å². The minimum atomic E-state index is -1.78. The Morgan fingerprint density at radius 1 is 1.00 bits per heavy atom. The van der Waals surface area contributed by atoms with Gasteiger partial charge in [-0.3, -0.25) is 0 Å². The number of aromatic hydroxyl groups is 4. The molecule has 0 radical (unpaired) electrons. The molecular weight excluding hydrogens is 228 g/mol. The standard InChI is InChI=1S/C10H14O5Si/c11-6-5-7(9(13)10(14)8(6)12)16-4-2-1-3-15-16/h5,11-14,16H,1-4H2. The van der Waals surface area contributed by atoms with Gasteiger partial charge in [-0.25, -0.2) is 0 Å². The van der Waals surface area contributed by atoms with Gasteiger partial charge >= 0.3 is 0 Å². The van der Waals surface area contributed by atoms with Crippen molar-refractivity contribution in [3.8, 4) is 23.0 Å². The predicted octanol–water partition coefficient (Wildman–Crippen LogP) is 0.250. The summed E-state index contributed by atoms with van der Waals surface area (Å²) >= 11 is 0. The van der Waals surface area contributed by atoms with E-state index in [1.807, 2.05) is 0 Å². The molecule has 1 aliphatic heterocycles. The van der Waals surface area contributed by atoms with Crippen LogP contribution in [0.4, 0.5) is 0 Å². The molecule has 5 nitrogen and oxygen atoms in total. The number of rotatable bonds is 1. The zero-order valence-electron chi connectivity index (χ0n) is 8.68. The number of phenols is 4. The predicted molar refractivity (Wildman–Crippen MR) is 59.9 cm³/mol. The minimum absolute atomic E-state index is 0.367. The Kier molecular flexibility index (Phi) is 2.93. The molecule has 2 rings (SSSR count). The van der Waals surface area contributed by atoms with E-state index in [-0.39, 0.29) is 5.75 Å². The van der Waals surface area contributed by atoms with E-state index in [0.29, 0.717) is 11.8 Å². The Morgan fingerprint density at radius 2 is 1.75 bits per heavy atom. The molecule has 6 heteroatoms. The Labute approximate surface area is 94.3 Å². The van der Waals surface area contributed by atoms with Gasteiger partial charge in [0.05, 0.1) is 0 Å². The van der Waals surface area contributed by atoms with E-state index in [0.717, 1.165) is 18.9 Å². The highest BCUT2D eigenvalue weighted by Crippen LogP contribution is 2.40. The van der Waals surface area contributed by atoms with Gasteiger partial charge in [0.15, 0.2) is 11.5 Å². The second-order valence-electron chi connectivity index (χ2n) is 3.89. The summed E-state index contributed by atoms with van der Waals surface area (Å²) in [5.74, 6) is -2.15. The molecule has 0 amide bonds. The maximum Gasteiger partial charge on any atom is 0.212 e. The van der Waals surface area contributed by atoms with Crippen LogP contribution in [0.15, 0.2) is 6.07 Å². The zero-order valence-corrected chi connectivity index (χ0v) is 9.83. The molecule has 1 aliphatic rings. The average molecular weight is 242 g/mol. The van der Waals surface area contributed by atoms with Crippen LogP contribution in [-0.4, -0.2) is 36.1 Å². The van der Waals surface area contributed by atoms with E-state index >= 15 is 0 Å². The van der Waals surface area contributed by atoms with Gasteiger partial charge in [-0.15, -0.1) is 0 Å². The Bertz CT molecular complexity index is 401. The van der Waals surface area contributed by atoms with Crippen molar-refractivity contribution in [1.29, 1.82) is 0 Å². The summed E-state index contributed by atoms with van der Waals surface area (Å²) in [5.41, 5.74) is 0. The first kappa shape index (κ1) is 11.1. The summed E-state index contributed by atoms with van der Waals surface area (Å²) in [4.78, 5) is 0. The summed E-state index contributed by atoms with van der Waals surface area (Å²) < 4.78 is 5.57. The molecule has 1 heterocycles. The number of benzene rings is 1. The Balaban J connectivity index is 2.40.